The molecule has 0 spiro atoms. The Kier molecular flexibility index (Phi) is 5.78. The van der Waals surface area contributed by atoms with E-state index in [1.54, 1.807) is 24.3 Å². The number of nitrogens with one attached hydrogen (secondary N) is 1. The standard InChI is InChI=1S/C17H21ClN2O3.ClH/c1-11(15(21)19-14-6-2-5-13(18)8-14)20-9-12-4-3-7-17(12,10-20)16(22)23;/h2,5-6,8,11-12H,3-4,7,9-10H2,1H3,(H,19,21)(H,22,23);1H/t11?,12-,17+;/m0./s1. The summed E-state index contributed by atoms with van der Waals surface area (Å²) in [7, 11) is 0. The number of carboxylic acid groups (broad SMARTS) is 1. The second-order valence-corrected chi connectivity index (χ2v) is 7.09. The molecule has 132 valence electrons. The van der Waals surface area contributed by atoms with Crippen LogP contribution in [0.25, 0.3) is 0 Å². The largest absolute Gasteiger partial charge is 0.481 e. The second-order valence-electron chi connectivity index (χ2n) is 6.66. The second kappa shape index (κ2) is 7.30. The number of benzene rings is 1. The highest BCUT2D eigenvalue weighted by atomic mass is 35.5. The molecular weight excluding hydrogens is 351 g/mol. The molecule has 1 saturated heterocycles. The van der Waals surface area contributed by atoms with Gasteiger partial charge >= 0.3 is 5.97 Å². The summed E-state index contributed by atoms with van der Waals surface area (Å²) in [4.78, 5) is 26.2. The third-order valence-corrected chi connectivity index (χ3v) is 5.58. The van der Waals surface area contributed by atoms with Gasteiger partial charge in [-0.05, 0) is 43.9 Å². The zero-order valence-corrected chi connectivity index (χ0v) is 15.1. The highest BCUT2D eigenvalue weighted by molar-refractivity contribution is 6.30. The predicted octanol–water partition coefficient (Wildman–Crippen LogP) is 3.28. The van der Waals surface area contributed by atoms with Crippen LogP contribution in [0.3, 0.4) is 0 Å². The fourth-order valence-electron chi connectivity index (χ4n) is 3.95. The molecule has 1 aromatic rings. The van der Waals surface area contributed by atoms with Gasteiger partial charge in [0, 0.05) is 23.8 Å². The van der Waals surface area contributed by atoms with E-state index >= 15 is 0 Å². The number of aliphatic carboxylic acids is 1. The number of hydrogen-bond donors (Lipinski definition) is 2. The third kappa shape index (κ3) is 3.39. The number of hydrogen-bond acceptors (Lipinski definition) is 3. The first-order valence-corrected chi connectivity index (χ1v) is 8.34. The molecule has 24 heavy (non-hydrogen) atoms. The van der Waals surface area contributed by atoms with E-state index in [1.165, 1.54) is 0 Å². The summed E-state index contributed by atoms with van der Waals surface area (Å²) >= 11 is 5.93. The molecule has 2 fully saturated rings. The maximum atomic E-state index is 12.5. The van der Waals surface area contributed by atoms with Crippen molar-refractivity contribution >= 4 is 41.6 Å². The summed E-state index contributed by atoms with van der Waals surface area (Å²) in [5, 5.41) is 13.1. The molecule has 0 bridgehead atoms. The van der Waals surface area contributed by atoms with Crippen molar-refractivity contribution < 1.29 is 14.7 Å². The van der Waals surface area contributed by atoms with E-state index in [9.17, 15) is 14.7 Å². The van der Waals surface area contributed by atoms with Crippen molar-refractivity contribution in [3.05, 3.63) is 29.3 Å². The van der Waals surface area contributed by atoms with Crippen LogP contribution in [0.4, 0.5) is 5.69 Å². The van der Waals surface area contributed by atoms with Gasteiger partial charge in [0.1, 0.15) is 0 Å². The van der Waals surface area contributed by atoms with Crippen LogP contribution in [0.2, 0.25) is 5.02 Å². The third-order valence-electron chi connectivity index (χ3n) is 5.34. The topological polar surface area (TPSA) is 69.6 Å². The zero-order chi connectivity index (χ0) is 16.6. The molecule has 1 aliphatic carbocycles. The lowest BCUT2D eigenvalue weighted by atomic mass is 9.81. The van der Waals surface area contributed by atoms with Crippen molar-refractivity contribution in [2.45, 2.75) is 32.2 Å². The minimum absolute atomic E-state index is 0. The van der Waals surface area contributed by atoms with Crippen LogP contribution in [0.1, 0.15) is 26.2 Å². The van der Waals surface area contributed by atoms with Crippen LogP contribution in [-0.4, -0.2) is 41.0 Å². The van der Waals surface area contributed by atoms with Crippen molar-refractivity contribution in [1.29, 1.82) is 0 Å². The fourth-order valence-corrected chi connectivity index (χ4v) is 4.14. The summed E-state index contributed by atoms with van der Waals surface area (Å²) < 4.78 is 0. The number of carbonyl (C=O) groups is 2. The van der Waals surface area contributed by atoms with Crippen LogP contribution in [0.15, 0.2) is 24.3 Å². The fraction of sp³-hybridized carbons (Fsp3) is 0.529. The molecule has 1 aromatic carbocycles. The first kappa shape index (κ1) is 19.0. The average Bonchev–Trinajstić information content (AvgIpc) is 3.04. The number of carboxylic acids is 1. The van der Waals surface area contributed by atoms with E-state index in [0.717, 1.165) is 12.8 Å². The van der Waals surface area contributed by atoms with Crippen molar-refractivity contribution in [3.63, 3.8) is 0 Å². The van der Waals surface area contributed by atoms with Crippen LogP contribution >= 0.6 is 24.0 Å². The molecule has 0 radical (unpaired) electrons. The van der Waals surface area contributed by atoms with Gasteiger partial charge in [-0.2, -0.15) is 0 Å². The van der Waals surface area contributed by atoms with Gasteiger partial charge in [-0.15, -0.1) is 12.4 Å². The molecule has 3 atom stereocenters. The van der Waals surface area contributed by atoms with Gasteiger partial charge in [-0.3, -0.25) is 14.5 Å². The summed E-state index contributed by atoms with van der Waals surface area (Å²) in [5.41, 5.74) is -0.00777. The van der Waals surface area contributed by atoms with Crippen molar-refractivity contribution in [2.75, 3.05) is 18.4 Å². The van der Waals surface area contributed by atoms with E-state index in [-0.39, 0.29) is 30.3 Å². The van der Waals surface area contributed by atoms with Gasteiger partial charge in [-0.25, -0.2) is 0 Å². The number of likely N-dealkylation sites (tertiary alicyclic amines) is 1. The lowest BCUT2D eigenvalue weighted by Gasteiger charge is -2.26. The minimum Gasteiger partial charge on any atom is -0.481 e. The Labute approximate surface area is 152 Å². The van der Waals surface area contributed by atoms with Crippen molar-refractivity contribution in [2.24, 2.45) is 11.3 Å². The molecule has 5 nitrogen and oxygen atoms in total. The molecule has 1 amide bonds. The zero-order valence-electron chi connectivity index (χ0n) is 13.5. The Morgan fingerprint density at radius 1 is 1.46 bits per heavy atom. The average molecular weight is 373 g/mol. The first-order valence-electron chi connectivity index (χ1n) is 7.96. The number of halogens is 2. The van der Waals surface area contributed by atoms with Gasteiger partial charge in [0.05, 0.1) is 11.5 Å². The number of fused-ring (bicyclic) bond motifs is 1. The first-order chi connectivity index (χ1) is 10.9. The SMILES string of the molecule is CC(C(=O)Nc1cccc(Cl)c1)N1C[C@@H]2CCC[C@@]2(C(=O)O)C1.Cl. The number of amides is 1. The van der Waals surface area contributed by atoms with Crippen LogP contribution in [0.5, 0.6) is 0 Å². The molecule has 2 aliphatic rings. The normalized spacial score (nSPS) is 27.2. The predicted molar refractivity (Wildman–Crippen MR) is 95.8 cm³/mol. The van der Waals surface area contributed by atoms with E-state index < -0.39 is 11.4 Å². The van der Waals surface area contributed by atoms with Gasteiger partial charge in [-0.1, -0.05) is 24.1 Å². The summed E-state index contributed by atoms with van der Waals surface area (Å²) in [6.07, 6.45) is 2.62. The smallest absolute Gasteiger partial charge is 0.311 e. The number of carbonyl (C=O) groups excluding carboxylic acids is 1. The van der Waals surface area contributed by atoms with Crippen LogP contribution in [0, 0.1) is 11.3 Å². The van der Waals surface area contributed by atoms with Gasteiger partial charge in [0.2, 0.25) is 5.91 Å². The highest BCUT2D eigenvalue weighted by Gasteiger charge is 2.55. The van der Waals surface area contributed by atoms with Gasteiger partial charge in [0.25, 0.3) is 0 Å². The number of rotatable bonds is 4. The Morgan fingerprint density at radius 2 is 2.21 bits per heavy atom. The molecule has 1 heterocycles. The van der Waals surface area contributed by atoms with E-state index in [2.05, 4.69) is 5.32 Å². The summed E-state index contributed by atoms with van der Waals surface area (Å²) in [5.74, 6) is -0.695. The molecule has 2 N–H and O–H groups in total. The summed E-state index contributed by atoms with van der Waals surface area (Å²) in [6.45, 7) is 2.96. The molecule has 1 aliphatic heterocycles. The molecule has 3 rings (SSSR count). The van der Waals surface area contributed by atoms with E-state index in [1.807, 2.05) is 11.8 Å². The van der Waals surface area contributed by atoms with Crippen molar-refractivity contribution in [1.82, 2.24) is 4.90 Å². The molecular formula is C17H22Cl2N2O3. The quantitative estimate of drug-likeness (QED) is 0.850. The van der Waals surface area contributed by atoms with E-state index in [4.69, 9.17) is 11.6 Å². The molecule has 1 unspecified atom stereocenters. The van der Waals surface area contributed by atoms with Crippen LogP contribution < -0.4 is 5.32 Å². The lowest BCUT2D eigenvalue weighted by molar-refractivity contribution is -0.149. The maximum Gasteiger partial charge on any atom is 0.311 e. The molecule has 1 saturated carbocycles. The lowest BCUT2D eigenvalue weighted by Crippen LogP contribution is -2.43. The van der Waals surface area contributed by atoms with Gasteiger partial charge < -0.3 is 10.4 Å². The monoisotopic (exact) mass is 372 g/mol. The Bertz CT molecular complexity index is 640. The Hall–Kier alpha value is -1.30. The Balaban J connectivity index is 0.00000208. The van der Waals surface area contributed by atoms with Gasteiger partial charge in [0.15, 0.2) is 0 Å². The Morgan fingerprint density at radius 3 is 2.83 bits per heavy atom. The molecule has 0 aromatic heterocycles. The maximum absolute atomic E-state index is 12.5. The van der Waals surface area contributed by atoms with E-state index in [0.29, 0.717) is 30.2 Å². The highest BCUT2D eigenvalue weighted by Crippen LogP contribution is 2.49. The van der Waals surface area contributed by atoms with Crippen molar-refractivity contribution in [3.8, 4) is 0 Å². The summed E-state index contributed by atoms with van der Waals surface area (Å²) in [6, 6.07) is 6.65. The number of anilines is 1. The van der Waals surface area contributed by atoms with Crippen LogP contribution in [-0.2, 0) is 9.59 Å². The molecule has 7 heteroatoms. The minimum atomic E-state index is -0.718. The number of nitrogens with zero attached hydrogens (tertiary/aromatic N) is 1.